The molecule has 0 aliphatic carbocycles. The van der Waals surface area contributed by atoms with Crippen LogP contribution in [0.25, 0.3) is 21.7 Å². The maximum Gasteiger partial charge on any atom is 0.269 e. The highest BCUT2D eigenvalue weighted by atomic mass is 79.9. The normalized spacial score (nSPS) is 11.1. The number of halogens is 1. The van der Waals surface area contributed by atoms with Crippen LogP contribution in [0.1, 0.15) is 11.1 Å². The number of aryl methyl sites for hydroxylation is 1. The molecule has 3 aromatic carbocycles. The van der Waals surface area contributed by atoms with E-state index in [0.717, 1.165) is 31.7 Å². The minimum atomic E-state index is -0.398. The number of nitro benzene ring substituents is 1. The van der Waals surface area contributed by atoms with Gasteiger partial charge in [-0.15, -0.1) is 0 Å². The van der Waals surface area contributed by atoms with Gasteiger partial charge in [0.05, 0.1) is 15.5 Å². The van der Waals surface area contributed by atoms with Gasteiger partial charge in [0.1, 0.15) is 0 Å². The molecule has 0 unspecified atom stereocenters. The third kappa shape index (κ3) is 4.53. The SMILES string of the molecule is Cc1ccc(-c2nc(N=Cc3cccc(Br)c3)sc2-c2ccc([N+](=O)[O-])cc2)cc1. The van der Waals surface area contributed by atoms with Crippen LogP contribution in [-0.4, -0.2) is 16.1 Å². The fraction of sp³-hybridized carbons (Fsp3) is 0.0435. The fourth-order valence-electron chi connectivity index (χ4n) is 2.92. The van der Waals surface area contributed by atoms with Gasteiger partial charge in [-0.2, -0.15) is 0 Å². The van der Waals surface area contributed by atoms with Gasteiger partial charge in [-0.1, -0.05) is 69.2 Å². The number of hydrogen-bond donors (Lipinski definition) is 0. The summed E-state index contributed by atoms with van der Waals surface area (Å²) < 4.78 is 0.984. The van der Waals surface area contributed by atoms with Gasteiger partial charge in [0.15, 0.2) is 0 Å². The van der Waals surface area contributed by atoms with Gasteiger partial charge in [0, 0.05) is 28.4 Å². The zero-order valence-corrected chi connectivity index (χ0v) is 18.4. The van der Waals surface area contributed by atoms with Crippen LogP contribution in [0.15, 0.2) is 82.3 Å². The Hall–Kier alpha value is -3.16. The lowest BCUT2D eigenvalue weighted by Crippen LogP contribution is -1.87. The van der Waals surface area contributed by atoms with Crippen molar-refractivity contribution in [1.29, 1.82) is 0 Å². The van der Waals surface area contributed by atoms with E-state index in [1.807, 2.05) is 55.5 Å². The average Bonchev–Trinajstić information content (AvgIpc) is 3.17. The van der Waals surface area contributed by atoms with E-state index in [1.54, 1.807) is 18.3 Å². The van der Waals surface area contributed by atoms with Crippen molar-refractivity contribution in [1.82, 2.24) is 4.98 Å². The number of hydrogen-bond acceptors (Lipinski definition) is 5. The Morgan fingerprint density at radius 1 is 1.03 bits per heavy atom. The first-order valence-electron chi connectivity index (χ1n) is 9.12. The molecule has 30 heavy (non-hydrogen) atoms. The first kappa shape index (κ1) is 20.1. The molecule has 0 spiro atoms. The largest absolute Gasteiger partial charge is 0.269 e. The first-order chi connectivity index (χ1) is 14.5. The fourth-order valence-corrected chi connectivity index (χ4v) is 4.27. The van der Waals surface area contributed by atoms with Gasteiger partial charge in [0.2, 0.25) is 5.13 Å². The first-order valence-corrected chi connectivity index (χ1v) is 10.7. The number of nitro groups is 1. The van der Waals surface area contributed by atoms with Crippen molar-refractivity contribution < 1.29 is 4.92 Å². The van der Waals surface area contributed by atoms with Crippen molar-refractivity contribution in [2.45, 2.75) is 6.92 Å². The summed E-state index contributed by atoms with van der Waals surface area (Å²) in [4.78, 5) is 20.8. The van der Waals surface area contributed by atoms with Crippen LogP contribution in [0.3, 0.4) is 0 Å². The molecule has 0 bridgehead atoms. The summed E-state index contributed by atoms with van der Waals surface area (Å²) in [7, 11) is 0. The van der Waals surface area contributed by atoms with E-state index in [1.165, 1.54) is 29.0 Å². The third-order valence-electron chi connectivity index (χ3n) is 4.45. The second-order valence-corrected chi connectivity index (χ2v) is 8.55. The van der Waals surface area contributed by atoms with Gasteiger partial charge in [-0.25, -0.2) is 9.98 Å². The molecule has 7 heteroatoms. The zero-order chi connectivity index (χ0) is 21.1. The summed E-state index contributed by atoms with van der Waals surface area (Å²) in [6.45, 7) is 2.04. The van der Waals surface area contributed by atoms with Crippen LogP contribution in [0.2, 0.25) is 0 Å². The second-order valence-electron chi connectivity index (χ2n) is 6.66. The smallest absolute Gasteiger partial charge is 0.258 e. The number of benzene rings is 3. The summed E-state index contributed by atoms with van der Waals surface area (Å²) >= 11 is 4.92. The van der Waals surface area contributed by atoms with Crippen LogP contribution >= 0.6 is 27.3 Å². The number of rotatable bonds is 5. The van der Waals surface area contributed by atoms with Crippen LogP contribution in [0.5, 0.6) is 0 Å². The van der Waals surface area contributed by atoms with Crippen molar-refractivity contribution >= 4 is 44.3 Å². The molecule has 0 aliphatic heterocycles. The third-order valence-corrected chi connectivity index (χ3v) is 5.96. The monoisotopic (exact) mass is 477 g/mol. The van der Waals surface area contributed by atoms with Crippen LogP contribution in [-0.2, 0) is 0 Å². The molecule has 1 heterocycles. The van der Waals surface area contributed by atoms with E-state index in [9.17, 15) is 10.1 Å². The van der Waals surface area contributed by atoms with Gasteiger partial charge in [-0.05, 0) is 42.3 Å². The number of non-ortho nitro benzene ring substituents is 1. The number of nitrogens with zero attached hydrogens (tertiary/aromatic N) is 3. The molecule has 4 rings (SSSR count). The van der Waals surface area contributed by atoms with Crippen molar-refractivity contribution in [3.05, 3.63) is 98.5 Å². The van der Waals surface area contributed by atoms with Gasteiger partial charge < -0.3 is 0 Å². The molecule has 0 radical (unpaired) electrons. The summed E-state index contributed by atoms with van der Waals surface area (Å²) in [5.41, 5.74) is 4.86. The zero-order valence-electron chi connectivity index (χ0n) is 15.9. The van der Waals surface area contributed by atoms with Crippen molar-refractivity contribution in [3.63, 3.8) is 0 Å². The van der Waals surface area contributed by atoms with Crippen LogP contribution in [0.4, 0.5) is 10.8 Å². The van der Waals surface area contributed by atoms with E-state index in [4.69, 9.17) is 4.98 Å². The maximum atomic E-state index is 11.0. The van der Waals surface area contributed by atoms with Gasteiger partial charge in [-0.3, -0.25) is 10.1 Å². The molecule has 0 N–H and O–H groups in total. The highest BCUT2D eigenvalue weighted by molar-refractivity contribution is 9.10. The highest BCUT2D eigenvalue weighted by Gasteiger charge is 2.16. The minimum Gasteiger partial charge on any atom is -0.258 e. The van der Waals surface area contributed by atoms with Crippen LogP contribution in [0, 0.1) is 17.0 Å². The summed E-state index contributed by atoms with van der Waals surface area (Å²) in [6, 6.07) is 22.5. The van der Waals surface area contributed by atoms with Crippen molar-refractivity contribution in [3.8, 4) is 21.7 Å². The molecule has 0 fully saturated rings. The summed E-state index contributed by atoms with van der Waals surface area (Å²) in [5.74, 6) is 0. The topological polar surface area (TPSA) is 68.4 Å². The van der Waals surface area contributed by atoms with E-state index in [2.05, 4.69) is 20.9 Å². The molecular formula is C23H16BrN3O2S. The van der Waals surface area contributed by atoms with Crippen molar-refractivity contribution in [2.75, 3.05) is 0 Å². The molecule has 148 valence electrons. The average molecular weight is 478 g/mol. The van der Waals surface area contributed by atoms with E-state index >= 15 is 0 Å². The standard InChI is InChI=1S/C23H16BrN3O2S/c1-15-5-7-17(8-6-15)21-22(18-9-11-20(12-10-18)27(28)29)30-23(26-21)25-14-16-3-2-4-19(24)13-16/h2-14H,1H3. The molecule has 5 nitrogen and oxygen atoms in total. The van der Waals surface area contributed by atoms with Gasteiger partial charge >= 0.3 is 0 Å². The minimum absolute atomic E-state index is 0.0630. The summed E-state index contributed by atoms with van der Waals surface area (Å²) in [6.07, 6.45) is 1.78. The lowest BCUT2D eigenvalue weighted by atomic mass is 10.1. The molecule has 4 aromatic rings. The second kappa shape index (κ2) is 8.69. The predicted octanol–water partition coefficient (Wildman–Crippen LogP) is 7.21. The molecule has 0 amide bonds. The molecule has 0 atom stereocenters. The Morgan fingerprint density at radius 2 is 1.73 bits per heavy atom. The highest BCUT2D eigenvalue weighted by Crippen LogP contribution is 2.40. The maximum absolute atomic E-state index is 11.0. The lowest BCUT2D eigenvalue weighted by Gasteiger charge is -2.03. The number of aliphatic imine (C=N–C) groups is 1. The Balaban J connectivity index is 1.76. The Bertz CT molecular complexity index is 1230. The number of thiazole rings is 1. The lowest BCUT2D eigenvalue weighted by molar-refractivity contribution is -0.384. The quantitative estimate of drug-likeness (QED) is 0.173. The molecule has 0 saturated heterocycles. The van der Waals surface area contributed by atoms with Crippen molar-refractivity contribution in [2.24, 2.45) is 4.99 Å². The van der Waals surface area contributed by atoms with Gasteiger partial charge in [0.25, 0.3) is 5.69 Å². The van der Waals surface area contributed by atoms with Crippen LogP contribution < -0.4 is 0 Å². The predicted molar refractivity (Wildman–Crippen MR) is 126 cm³/mol. The molecule has 1 aromatic heterocycles. The van der Waals surface area contributed by atoms with E-state index in [0.29, 0.717) is 5.13 Å². The van der Waals surface area contributed by atoms with E-state index in [-0.39, 0.29) is 5.69 Å². The van der Waals surface area contributed by atoms with E-state index < -0.39 is 4.92 Å². The molecule has 0 saturated carbocycles. The molecular weight excluding hydrogens is 462 g/mol. The Morgan fingerprint density at radius 3 is 2.40 bits per heavy atom. The summed E-state index contributed by atoms with van der Waals surface area (Å²) in [5, 5.41) is 11.6. The Labute approximate surface area is 186 Å². The number of aromatic nitrogens is 1. The molecule has 0 aliphatic rings. The Kier molecular flexibility index (Phi) is 5.83.